The first-order valence-electron chi connectivity index (χ1n) is 15.9. The van der Waals surface area contributed by atoms with Crippen molar-refractivity contribution >= 4 is 81.2 Å². The monoisotopic (exact) mass is 798 g/mol. The average molecular weight is 799 g/mol. The molecular formula is C31H37ClN7O12S2+. The van der Waals surface area contributed by atoms with Crippen molar-refractivity contribution in [2.24, 2.45) is 5.16 Å². The second kappa shape index (κ2) is 16.7. The summed E-state index contributed by atoms with van der Waals surface area (Å²) >= 11 is 8.19. The number of β-lactam (4-membered cyclic amide) rings is 1. The predicted molar refractivity (Wildman–Crippen MR) is 190 cm³/mol. The number of phenolic OH excluding ortho intramolecular Hbond substituents is 2. The lowest BCUT2D eigenvalue weighted by molar-refractivity contribution is -0.919. The molecule has 2 aliphatic heterocycles. The molecule has 0 radical (unpaired) electrons. The molecular weight excluding hydrogens is 762 g/mol. The molecule has 1 aromatic heterocycles. The molecule has 19 nitrogen and oxygen atoms in total. The van der Waals surface area contributed by atoms with E-state index in [1.807, 2.05) is 13.8 Å². The van der Waals surface area contributed by atoms with E-state index in [0.29, 0.717) is 29.7 Å². The quantitative estimate of drug-likeness (QED) is 0.0362. The molecule has 9 N–H and O–H groups in total. The minimum atomic E-state index is -1.95. The number of halogens is 1. The molecule has 0 saturated carbocycles. The normalized spacial score (nSPS) is 19.2. The summed E-state index contributed by atoms with van der Waals surface area (Å²) in [5.41, 5.74) is 5.14. The molecule has 2 aliphatic rings. The van der Waals surface area contributed by atoms with Gasteiger partial charge >= 0.3 is 17.9 Å². The molecule has 4 atom stereocenters. The Morgan fingerprint density at radius 2 is 1.83 bits per heavy atom. The number of aromatic hydroxyl groups is 2. The summed E-state index contributed by atoms with van der Waals surface area (Å²) in [5.74, 6) is -7.99. The number of carboxylic acid groups (broad SMARTS) is 3. The third-order valence-electron chi connectivity index (χ3n) is 8.86. The average Bonchev–Trinajstić information content (AvgIpc) is 3.54. The Balaban J connectivity index is 1.53. The molecule has 1 fully saturated rings. The number of amides is 3. The van der Waals surface area contributed by atoms with E-state index in [1.165, 1.54) is 23.2 Å². The van der Waals surface area contributed by atoms with Crippen LogP contribution >= 0.6 is 34.7 Å². The number of phenols is 2. The molecule has 2 aromatic rings. The summed E-state index contributed by atoms with van der Waals surface area (Å²) in [7, 11) is 0. The van der Waals surface area contributed by atoms with Crippen LogP contribution in [-0.2, 0) is 28.8 Å². The largest absolute Gasteiger partial charge is 0.504 e. The van der Waals surface area contributed by atoms with Crippen molar-refractivity contribution in [2.45, 2.75) is 50.0 Å². The Kier molecular flexibility index (Phi) is 12.8. The Morgan fingerprint density at radius 1 is 1.15 bits per heavy atom. The zero-order chi connectivity index (χ0) is 39.4. The van der Waals surface area contributed by atoms with Gasteiger partial charge in [-0.2, -0.15) is 0 Å². The number of nitrogens with zero attached hydrogens (tertiary/aromatic N) is 4. The molecule has 4 rings (SSSR count). The summed E-state index contributed by atoms with van der Waals surface area (Å²) in [6, 6.07) is 1.17. The number of fused-ring (bicyclic) bond motifs is 1. The van der Waals surface area contributed by atoms with Crippen LogP contribution in [-0.4, -0.2) is 137 Å². The smallest absolute Gasteiger partial charge is 0.352 e. The van der Waals surface area contributed by atoms with Crippen molar-refractivity contribution in [2.75, 3.05) is 38.5 Å². The Bertz CT molecular complexity index is 1880. The highest BCUT2D eigenvalue weighted by Gasteiger charge is 2.56. The Hall–Kier alpha value is -5.12. The summed E-state index contributed by atoms with van der Waals surface area (Å²) < 4.78 is 0.314. The van der Waals surface area contributed by atoms with Gasteiger partial charge in [0.1, 0.15) is 29.4 Å². The topological polar surface area (TPSA) is 291 Å². The van der Waals surface area contributed by atoms with Crippen molar-refractivity contribution < 1.29 is 63.6 Å². The van der Waals surface area contributed by atoms with Crippen molar-refractivity contribution in [3.63, 3.8) is 0 Å². The van der Waals surface area contributed by atoms with Crippen LogP contribution in [0.15, 0.2) is 33.9 Å². The first-order valence-corrected chi connectivity index (χ1v) is 18.1. The maximum absolute atomic E-state index is 13.6. The number of benzene rings is 1. The molecule has 0 spiro atoms. The fourth-order valence-corrected chi connectivity index (χ4v) is 7.98. The van der Waals surface area contributed by atoms with Gasteiger partial charge in [-0.05, 0) is 32.9 Å². The number of hydrogen-bond acceptors (Lipinski definition) is 14. The first-order chi connectivity index (χ1) is 24.9. The van der Waals surface area contributed by atoms with Gasteiger partial charge in [-0.3, -0.25) is 24.1 Å². The second-order valence-electron chi connectivity index (χ2n) is 12.0. The SMILES string of the molecule is CC[N+](CC)(CCNC(=O)c1ccc(O)c(O)c1Cl)CC1=C(C(=O)O)N2C(=O)C(NC(=O)C(=NOC(CC(=O)O)C(=O)O)c3csc(N)n3)C2SC1C. The van der Waals surface area contributed by atoms with Gasteiger partial charge < -0.3 is 51.2 Å². The van der Waals surface area contributed by atoms with Gasteiger partial charge in [0.25, 0.3) is 17.7 Å². The lowest BCUT2D eigenvalue weighted by Gasteiger charge is -2.51. The second-order valence-corrected chi connectivity index (χ2v) is 14.7. The number of hydrogen-bond donors (Lipinski definition) is 8. The highest BCUT2D eigenvalue weighted by atomic mass is 35.5. The third kappa shape index (κ3) is 8.75. The van der Waals surface area contributed by atoms with Crippen molar-refractivity contribution in [3.8, 4) is 11.5 Å². The maximum atomic E-state index is 13.6. The van der Waals surface area contributed by atoms with Gasteiger partial charge in [0.15, 0.2) is 22.3 Å². The van der Waals surface area contributed by atoms with E-state index >= 15 is 0 Å². The number of carboxylic acids is 3. The minimum absolute atomic E-state index is 0.0187. The van der Waals surface area contributed by atoms with E-state index < -0.39 is 82.0 Å². The highest BCUT2D eigenvalue weighted by molar-refractivity contribution is 8.00. The van der Waals surface area contributed by atoms with E-state index in [4.69, 9.17) is 27.3 Å². The van der Waals surface area contributed by atoms with Crippen LogP contribution in [0, 0.1) is 0 Å². The first kappa shape index (κ1) is 40.6. The van der Waals surface area contributed by atoms with Gasteiger partial charge in [0.05, 0.1) is 43.2 Å². The van der Waals surface area contributed by atoms with Gasteiger partial charge in [-0.25, -0.2) is 14.6 Å². The van der Waals surface area contributed by atoms with Crippen LogP contribution < -0.4 is 16.4 Å². The number of nitrogens with two attached hydrogens (primary N) is 1. The number of nitrogen functional groups attached to an aromatic ring is 1. The summed E-state index contributed by atoms with van der Waals surface area (Å²) in [6.07, 6.45) is -2.93. The fraction of sp³-hybridized carbons (Fsp3) is 0.419. The molecule has 4 unspecified atom stereocenters. The van der Waals surface area contributed by atoms with Crippen LogP contribution in [0.25, 0.3) is 0 Å². The summed E-state index contributed by atoms with van der Waals surface area (Å²) in [6.45, 7) is 7.33. The standard InChI is InChI=1S/C31H36ClN7O12S2/c1-4-39(5-2,9-8-34-25(44)14-6-7-17(40)24(43)20(14)32)11-15-13(3)53-28-22(27(46)38(28)23(15)30(49)50)36-26(45)21(16-12-52-31(33)35-16)37-51-18(29(47)48)10-19(41)42/h6-7,12-13,18,22,28H,4-5,8-11H2,1-3H3,(H8-,33,34,35,36,37,40,41,42,43,44,45,47,48,49,50)/p+1. The molecule has 0 bridgehead atoms. The van der Waals surface area contributed by atoms with Crippen LogP contribution in [0.4, 0.5) is 5.13 Å². The van der Waals surface area contributed by atoms with Gasteiger partial charge in [-0.1, -0.05) is 16.8 Å². The van der Waals surface area contributed by atoms with E-state index in [2.05, 4.69) is 20.8 Å². The number of carbonyl (C=O) groups is 6. The van der Waals surface area contributed by atoms with E-state index in [-0.39, 0.29) is 40.2 Å². The van der Waals surface area contributed by atoms with E-state index in [1.54, 1.807) is 6.92 Å². The van der Waals surface area contributed by atoms with Gasteiger partial charge in [0, 0.05) is 16.2 Å². The zero-order valence-corrected chi connectivity index (χ0v) is 30.8. The highest BCUT2D eigenvalue weighted by Crippen LogP contribution is 2.45. The Morgan fingerprint density at radius 3 is 2.40 bits per heavy atom. The molecule has 1 aromatic carbocycles. The lowest BCUT2D eigenvalue weighted by Crippen LogP contribution is -2.72. The van der Waals surface area contributed by atoms with Crippen molar-refractivity contribution in [1.82, 2.24) is 20.5 Å². The number of likely N-dealkylation sites (N-methyl/N-ethyl adjacent to an activating group) is 1. The Labute approximate surface area is 314 Å². The number of aromatic nitrogens is 1. The van der Waals surface area contributed by atoms with E-state index in [9.17, 15) is 49.2 Å². The number of rotatable bonds is 17. The number of oxime groups is 1. The van der Waals surface area contributed by atoms with Gasteiger partial charge in [-0.15, -0.1) is 23.1 Å². The molecule has 22 heteroatoms. The number of carbonyl (C=O) groups excluding carboxylic acids is 3. The van der Waals surface area contributed by atoms with E-state index in [0.717, 1.165) is 22.3 Å². The van der Waals surface area contributed by atoms with Crippen LogP contribution in [0.5, 0.6) is 11.5 Å². The molecule has 0 aliphatic carbocycles. The van der Waals surface area contributed by atoms with Crippen LogP contribution in [0.1, 0.15) is 43.2 Å². The van der Waals surface area contributed by atoms with Gasteiger partial charge in [0.2, 0.25) is 6.10 Å². The molecule has 286 valence electrons. The summed E-state index contributed by atoms with van der Waals surface area (Å²) in [5, 5.41) is 56.8. The number of thioether (sulfide) groups is 1. The molecule has 53 heavy (non-hydrogen) atoms. The van der Waals surface area contributed by atoms with Crippen LogP contribution in [0.2, 0.25) is 5.02 Å². The predicted octanol–water partition coefficient (Wildman–Crippen LogP) is 0.852. The maximum Gasteiger partial charge on any atom is 0.352 e. The number of anilines is 1. The van der Waals surface area contributed by atoms with Crippen molar-refractivity contribution in [1.29, 1.82) is 0 Å². The fourth-order valence-electron chi connectivity index (χ4n) is 5.75. The number of quaternary nitrogens is 1. The molecule has 3 amide bonds. The number of aliphatic carboxylic acids is 3. The zero-order valence-electron chi connectivity index (χ0n) is 28.4. The van der Waals surface area contributed by atoms with Crippen LogP contribution in [0.3, 0.4) is 0 Å². The minimum Gasteiger partial charge on any atom is -0.504 e. The number of thiazole rings is 1. The third-order valence-corrected chi connectivity index (χ3v) is 11.4. The van der Waals surface area contributed by atoms with Crippen molar-refractivity contribution in [3.05, 3.63) is 45.1 Å². The number of nitrogens with one attached hydrogen (secondary N) is 2. The molecule has 1 saturated heterocycles. The molecule has 3 heterocycles. The lowest BCUT2D eigenvalue weighted by atomic mass is 9.99. The summed E-state index contributed by atoms with van der Waals surface area (Å²) in [4.78, 5) is 85.1.